The Labute approximate surface area is 194 Å². The molecule has 0 saturated carbocycles. The lowest BCUT2D eigenvalue weighted by Crippen LogP contribution is -2.19. The molecule has 0 bridgehead atoms. The number of carbonyl (C=O) groups excluding carboxylic acids is 1. The van der Waals surface area contributed by atoms with Crippen LogP contribution in [0.15, 0.2) is 83.1 Å². The van der Waals surface area contributed by atoms with Gasteiger partial charge in [0.2, 0.25) is 0 Å². The second-order valence-corrected chi connectivity index (χ2v) is 7.56. The Morgan fingerprint density at radius 1 is 0.879 bits per heavy atom. The molecule has 0 N–H and O–H groups in total. The zero-order valence-corrected chi connectivity index (χ0v) is 19.4. The highest BCUT2D eigenvalue weighted by Gasteiger charge is 2.19. The van der Waals surface area contributed by atoms with Crippen LogP contribution in [-0.4, -0.2) is 31.6 Å². The van der Waals surface area contributed by atoms with Gasteiger partial charge < -0.3 is 14.4 Å². The highest BCUT2D eigenvalue weighted by molar-refractivity contribution is 6.43. The van der Waals surface area contributed by atoms with Crippen LogP contribution in [0.3, 0.4) is 0 Å². The maximum Gasteiger partial charge on any atom is 0.360 e. The van der Waals surface area contributed by atoms with E-state index in [0.29, 0.717) is 12.0 Å². The Bertz CT molecular complexity index is 1150. The van der Waals surface area contributed by atoms with Crippen LogP contribution in [0.1, 0.15) is 29.2 Å². The summed E-state index contributed by atoms with van der Waals surface area (Å²) in [7, 11) is 2.68. The molecule has 3 rings (SSSR count). The van der Waals surface area contributed by atoms with Crippen LogP contribution in [0.2, 0.25) is 0 Å². The summed E-state index contributed by atoms with van der Waals surface area (Å²) in [6.45, 7) is 4.22. The highest BCUT2D eigenvalue weighted by Crippen LogP contribution is 2.23. The fourth-order valence-electron chi connectivity index (χ4n) is 3.50. The van der Waals surface area contributed by atoms with Crippen LogP contribution in [-0.2, 0) is 32.2 Å². The van der Waals surface area contributed by atoms with Gasteiger partial charge in [0.05, 0.1) is 12.8 Å². The molecule has 6 nitrogen and oxygen atoms in total. The van der Waals surface area contributed by atoms with E-state index >= 15 is 0 Å². The molecule has 0 radical (unpaired) electrons. The van der Waals surface area contributed by atoms with Gasteiger partial charge in [0.25, 0.3) is 0 Å². The zero-order valence-electron chi connectivity index (χ0n) is 19.4. The van der Waals surface area contributed by atoms with E-state index in [1.807, 2.05) is 31.2 Å². The SMILES string of the molecule is CO/N=C(/C(=O)OC)c1ccccc1CO/N=C(\C)Cc1ccc(-c2ccccc2C)cc1. The van der Waals surface area contributed by atoms with Crippen LogP contribution < -0.4 is 0 Å². The molecule has 0 unspecified atom stereocenters. The second kappa shape index (κ2) is 11.6. The molecule has 3 aromatic carbocycles. The van der Waals surface area contributed by atoms with Gasteiger partial charge in [-0.15, -0.1) is 0 Å². The van der Waals surface area contributed by atoms with E-state index < -0.39 is 5.97 Å². The molecule has 3 aromatic rings. The van der Waals surface area contributed by atoms with Gasteiger partial charge >= 0.3 is 5.97 Å². The van der Waals surface area contributed by atoms with Crippen molar-refractivity contribution in [3.63, 3.8) is 0 Å². The number of benzene rings is 3. The molecule has 0 aliphatic carbocycles. The standard InChI is InChI=1S/C27H28N2O4/c1-19-9-5-7-11-24(19)22-15-13-21(14-16-22)17-20(2)28-33-18-23-10-6-8-12-25(23)26(29-32-4)27(30)31-3/h5-16H,17-18H2,1-4H3/b28-20+,29-26+. The summed E-state index contributed by atoms with van der Waals surface area (Å²) in [5.74, 6) is -0.585. The van der Waals surface area contributed by atoms with Gasteiger partial charge in [-0.3, -0.25) is 0 Å². The Kier molecular flexibility index (Phi) is 8.36. The molecule has 0 heterocycles. The molecule has 0 fully saturated rings. The minimum atomic E-state index is -0.585. The van der Waals surface area contributed by atoms with Crippen molar-refractivity contribution in [1.82, 2.24) is 0 Å². The highest BCUT2D eigenvalue weighted by atomic mass is 16.6. The van der Waals surface area contributed by atoms with Gasteiger partial charge in [-0.25, -0.2) is 4.79 Å². The molecule has 33 heavy (non-hydrogen) atoms. The van der Waals surface area contributed by atoms with E-state index in [1.54, 1.807) is 6.07 Å². The van der Waals surface area contributed by atoms with Crippen molar-refractivity contribution in [1.29, 1.82) is 0 Å². The number of hydrogen-bond donors (Lipinski definition) is 0. The van der Waals surface area contributed by atoms with E-state index in [2.05, 4.69) is 59.7 Å². The average Bonchev–Trinajstić information content (AvgIpc) is 2.83. The Morgan fingerprint density at radius 3 is 2.27 bits per heavy atom. The third-order valence-electron chi connectivity index (χ3n) is 5.14. The minimum absolute atomic E-state index is 0.0774. The molecular formula is C27H28N2O4. The van der Waals surface area contributed by atoms with E-state index in [4.69, 9.17) is 14.4 Å². The quantitative estimate of drug-likeness (QED) is 0.254. The molecule has 0 atom stereocenters. The Hall–Kier alpha value is -3.93. The van der Waals surface area contributed by atoms with Crippen LogP contribution in [0, 0.1) is 6.92 Å². The van der Waals surface area contributed by atoms with Crippen molar-refractivity contribution >= 4 is 17.4 Å². The van der Waals surface area contributed by atoms with Gasteiger partial charge in [-0.05, 0) is 36.1 Å². The molecule has 0 spiro atoms. The topological polar surface area (TPSA) is 69.5 Å². The lowest BCUT2D eigenvalue weighted by Gasteiger charge is -2.10. The van der Waals surface area contributed by atoms with Gasteiger partial charge in [0.1, 0.15) is 13.7 Å². The number of ether oxygens (including phenoxy) is 1. The van der Waals surface area contributed by atoms with Crippen molar-refractivity contribution in [2.24, 2.45) is 10.3 Å². The molecule has 0 aliphatic rings. The number of methoxy groups -OCH3 is 1. The van der Waals surface area contributed by atoms with E-state index in [1.165, 1.54) is 30.9 Å². The third kappa shape index (κ3) is 6.29. The summed E-state index contributed by atoms with van der Waals surface area (Å²) in [6, 6.07) is 24.1. The number of nitrogens with zero attached hydrogens (tertiary/aromatic N) is 2. The molecule has 6 heteroatoms. The molecule has 0 aliphatic heterocycles. The first kappa shape index (κ1) is 23.7. The van der Waals surface area contributed by atoms with Gasteiger partial charge in [0, 0.05) is 17.5 Å². The van der Waals surface area contributed by atoms with Crippen molar-refractivity contribution in [3.05, 3.63) is 95.1 Å². The predicted molar refractivity (Wildman–Crippen MR) is 130 cm³/mol. The summed E-state index contributed by atoms with van der Waals surface area (Å²) in [4.78, 5) is 22.5. The third-order valence-corrected chi connectivity index (χ3v) is 5.14. The normalized spacial score (nSPS) is 11.8. The number of rotatable bonds is 9. The number of hydrogen-bond acceptors (Lipinski definition) is 6. The van der Waals surface area contributed by atoms with Crippen LogP contribution >= 0.6 is 0 Å². The van der Waals surface area contributed by atoms with E-state index in [-0.39, 0.29) is 12.3 Å². The first-order valence-electron chi connectivity index (χ1n) is 10.6. The summed E-state index contributed by atoms with van der Waals surface area (Å²) in [6.07, 6.45) is 0.675. The number of aryl methyl sites for hydroxylation is 1. The maximum absolute atomic E-state index is 12.1. The van der Waals surface area contributed by atoms with Gasteiger partial charge in [0.15, 0.2) is 5.71 Å². The van der Waals surface area contributed by atoms with Crippen molar-refractivity contribution in [2.75, 3.05) is 14.2 Å². The second-order valence-electron chi connectivity index (χ2n) is 7.56. The lowest BCUT2D eigenvalue weighted by molar-refractivity contribution is -0.132. The van der Waals surface area contributed by atoms with Crippen LogP contribution in [0.4, 0.5) is 0 Å². The Morgan fingerprint density at radius 2 is 1.58 bits per heavy atom. The number of esters is 1. The first-order chi connectivity index (χ1) is 16.0. The Balaban J connectivity index is 1.65. The average molecular weight is 445 g/mol. The van der Waals surface area contributed by atoms with Crippen molar-refractivity contribution in [2.45, 2.75) is 26.9 Å². The summed E-state index contributed by atoms with van der Waals surface area (Å²) < 4.78 is 4.81. The summed E-state index contributed by atoms with van der Waals surface area (Å²) in [5, 5.41) is 8.06. The van der Waals surface area contributed by atoms with E-state index in [9.17, 15) is 4.79 Å². The van der Waals surface area contributed by atoms with E-state index in [0.717, 1.165) is 16.8 Å². The van der Waals surface area contributed by atoms with Crippen LogP contribution in [0.25, 0.3) is 11.1 Å². The largest absolute Gasteiger partial charge is 0.464 e. The molecule has 0 aromatic heterocycles. The van der Waals surface area contributed by atoms with Gasteiger partial charge in [-0.2, -0.15) is 0 Å². The maximum atomic E-state index is 12.1. The van der Waals surface area contributed by atoms with Gasteiger partial charge in [-0.1, -0.05) is 83.1 Å². The van der Waals surface area contributed by atoms with Crippen molar-refractivity contribution in [3.8, 4) is 11.1 Å². The first-order valence-corrected chi connectivity index (χ1v) is 10.6. The fraction of sp³-hybridized carbons (Fsp3) is 0.222. The number of oxime groups is 2. The predicted octanol–water partition coefficient (Wildman–Crippen LogP) is 5.32. The molecule has 0 amide bonds. The van der Waals surface area contributed by atoms with Crippen LogP contribution in [0.5, 0.6) is 0 Å². The monoisotopic (exact) mass is 444 g/mol. The summed E-state index contributed by atoms with van der Waals surface area (Å²) >= 11 is 0. The summed E-state index contributed by atoms with van der Waals surface area (Å²) in [5.41, 5.74) is 7.07. The lowest BCUT2D eigenvalue weighted by atomic mass is 9.98. The fourth-order valence-corrected chi connectivity index (χ4v) is 3.50. The molecule has 0 saturated heterocycles. The zero-order chi connectivity index (χ0) is 23.6. The van der Waals surface area contributed by atoms with Crippen molar-refractivity contribution < 1.29 is 19.2 Å². The minimum Gasteiger partial charge on any atom is -0.464 e. The number of carbonyl (C=O) groups is 1. The smallest absolute Gasteiger partial charge is 0.360 e. The molecular weight excluding hydrogens is 416 g/mol. The molecule has 170 valence electrons.